The lowest BCUT2D eigenvalue weighted by molar-refractivity contribution is 0.142. The minimum Gasteiger partial charge on any atom is -0.447 e. The Labute approximate surface area is 120 Å². The fourth-order valence-electron chi connectivity index (χ4n) is 2.39. The molecule has 0 atom stereocenters. The van der Waals surface area contributed by atoms with Crippen molar-refractivity contribution >= 4 is 11.8 Å². The highest BCUT2D eigenvalue weighted by atomic mass is 16.5. The Balaban J connectivity index is 1.83. The van der Waals surface area contributed by atoms with Crippen molar-refractivity contribution in [1.82, 2.24) is 4.90 Å². The molecule has 4 nitrogen and oxygen atoms in total. The van der Waals surface area contributed by atoms with Gasteiger partial charge in [-0.15, -0.1) is 0 Å². The van der Waals surface area contributed by atoms with Crippen LogP contribution in [0.3, 0.4) is 0 Å². The van der Waals surface area contributed by atoms with Crippen molar-refractivity contribution in [3.05, 3.63) is 35.9 Å². The van der Waals surface area contributed by atoms with Crippen molar-refractivity contribution in [2.24, 2.45) is 4.99 Å². The normalized spacial score (nSPS) is 16.4. The van der Waals surface area contributed by atoms with E-state index in [0.717, 1.165) is 30.9 Å². The Hall–Kier alpha value is -1.68. The van der Waals surface area contributed by atoms with Crippen molar-refractivity contribution in [2.75, 3.05) is 26.2 Å². The molecule has 0 saturated carbocycles. The lowest BCUT2D eigenvalue weighted by Crippen LogP contribution is -2.24. The molecule has 0 spiro atoms. The van der Waals surface area contributed by atoms with E-state index in [4.69, 9.17) is 4.74 Å². The predicted molar refractivity (Wildman–Crippen MR) is 80.3 cm³/mol. The van der Waals surface area contributed by atoms with Crippen LogP contribution < -0.4 is 0 Å². The minimum absolute atomic E-state index is 0.425. The molecule has 1 aliphatic rings. The first kappa shape index (κ1) is 14.7. The maximum Gasteiger partial charge on any atom is 0.433 e. The molecular weight excluding hydrogens is 252 g/mol. The van der Waals surface area contributed by atoms with Gasteiger partial charge < -0.3 is 4.74 Å². The molecular formula is C16H22N2O2. The Morgan fingerprint density at radius 1 is 1.25 bits per heavy atom. The molecule has 1 heterocycles. The first-order chi connectivity index (χ1) is 9.79. The van der Waals surface area contributed by atoms with E-state index in [-0.39, 0.29) is 0 Å². The van der Waals surface area contributed by atoms with Crippen LogP contribution in [0.2, 0.25) is 0 Å². The van der Waals surface area contributed by atoms with Gasteiger partial charge in [0, 0.05) is 6.54 Å². The van der Waals surface area contributed by atoms with Crippen LogP contribution in [0.5, 0.6) is 0 Å². The van der Waals surface area contributed by atoms with Crippen LogP contribution >= 0.6 is 0 Å². The standard InChI is InChI=1S/C16H22N2O2/c1-2-15(14-8-4-3-5-9-14)17-16(19)20-13-12-18-10-6-7-11-18/h3-5,8-9H,2,6-7,10-13H2,1H3/b17-15-. The summed E-state index contributed by atoms with van der Waals surface area (Å²) in [5.74, 6) is 0. The summed E-state index contributed by atoms with van der Waals surface area (Å²) >= 11 is 0. The smallest absolute Gasteiger partial charge is 0.433 e. The highest BCUT2D eigenvalue weighted by molar-refractivity contribution is 6.05. The molecule has 4 heteroatoms. The first-order valence-electron chi connectivity index (χ1n) is 7.31. The number of amides is 1. The van der Waals surface area contributed by atoms with E-state index in [1.54, 1.807) is 0 Å². The second kappa shape index (κ2) is 7.80. The summed E-state index contributed by atoms with van der Waals surface area (Å²) in [6.07, 6.45) is 2.73. The molecule has 1 aliphatic heterocycles. The molecule has 0 aromatic heterocycles. The lowest BCUT2D eigenvalue weighted by Gasteiger charge is -2.13. The predicted octanol–water partition coefficient (Wildman–Crippen LogP) is 3.12. The van der Waals surface area contributed by atoms with E-state index in [2.05, 4.69) is 9.89 Å². The summed E-state index contributed by atoms with van der Waals surface area (Å²) in [6, 6.07) is 9.75. The fraction of sp³-hybridized carbons (Fsp3) is 0.500. The molecule has 108 valence electrons. The average Bonchev–Trinajstić information content (AvgIpc) is 2.99. The monoisotopic (exact) mass is 274 g/mol. The Morgan fingerprint density at radius 3 is 2.60 bits per heavy atom. The summed E-state index contributed by atoms with van der Waals surface area (Å²) < 4.78 is 5.19. The number of aliphatic imine (C=N–C) groups is 1. The van der Waals surface area contributed by atoms with Crippen molar-refractivity contribution < 1.29 is 9.53 Å². The van der Waals surface area contributed by atoms with Gasteiger partial charge in [-0.25, -0.2) is 4.79 Å². The highest BCUT2D eigenvalue weighted by Gasteiger charge is 2.12. The van der Waals surface area contributed by atoms with Crippen LogP contribution in [0.4, 0.5) is 4.79 Å². The Bertz CT molecular complexity index is 451. The van der Waals surface area contributed by atoms with E-state index in [0.29, 0.717) is 13.0 Å². The van der Waals surface area contributed by atoms with Gasteiger partial charge >= 0.3 is 6.09 Å². The Morgan fingerprint density at radius 2 is 1.95 bits per heavy atom. The van der Waals surface area contributed by atoms with Crippen LogP contribution in [0.15, 0.2) is 35.3 Å². The molecule has 0 unspecified atom stereocenters. The number of carbonyl (C=O) groups excluding carboxylic acids is 1. The number of likely N-dealkylation sites (tertiary alicyclic amines) is 1. The van der Waals surface area contributed by atoms with Crippen LogP contribution in [0.1, 0.15) is 31.7 Å². The Kier molecular flexibility index (Phi) is 5.74. The van der Waals surface area contributed by atoms with Gasteiger partial charge in [-0.2, -0.15) is 4.99 Å². The van der Waals surface area contributed by atoms with Gasteiger partial charge in [0.1, 0.15) is 6.61 Å². The number of hydrogen-bond donors (Lipinski definition) is 0. The number of hydrogen-bond acceptors (Lipinski definition) is 3. The van der Waals surface area contributed by atoms with Crippen molar-refractivity contribution in [3.8, 4) is 0 Å². The van der Waals surface area contributed by atoms with E-state index in [1.165, 1.54) is 12.8 Å². The molecule has 1 amide bonds. The number of rotatable bonds is 5. The lowest BCUT2D eigenvalue weighted by atomic mass is 10.1. The summed E-state index contributed by atoms with van der Waals surface area (Å²) in [5, 5.41) is 0. The van der Waals surface area contributed by atoms with Gasteiger partial charge in [-0.1, -0.05) is 37.3 Å². The van der Waals surface area contributed by atoms with E-state index >= 15 is 0 Å². The van der Waals surface area contributed by atoms with Crippen molar-refractivity contribution in [3.63, 3.8) is 0 Å². The zero-order chi connectivity index (χ0) is 14.2. The first-order valence-corrected chi connectivity index (χ1v) is 7.31. The molecule has 1 saturated heterocycles. The van der Waals surface area contributed by atoms with E-state index in [9.17, 15) is 4.79 Å². The van der Waals surface area contributed by atoms with Crippen molar-refractivity contribution in [1.29, 1.82) is 0 Å². The fourth-order valence-corrected chi connectivity index (χ4v) is 2.39. The largest absolute Gasteiger partial charge is 0.447 e. The SMILES string of the molecule is CC/C(=N/C(=O)OCCN1CCCC1)c1ccccc1. The van der Waals surface area contributed by atoms with E-state index in [1.807, 2.05) is 37.3 Å². The van der Waals surface area contributed by atoms with Crippen LogP contribution in [-0.4, -0.2) is 42.9 Å². The second-order valence-corrected chi connectivity index (χ2v) is 4.94. The topological polar surface area (TPSA) is 41.9 Å². The van der Waals surface area contributed by atoms with Crippen LogP contribution in [0, 0.1) is 0 Å². The van der Waals surface area contributed by atoms with Crippen LogP contribution in [-0.2, 0) is 4.74 Å². The van der Waals surface area contributed by atoms with E-state index < -0.39 is 6.09 Å². The molecule has 1 fully saturated rings. The summed E-state index contributed by atoms with van der Waals surface area (Å²) in [4.78, 5) is 18.1. The van der Waals surface area contributed by atoms with Gasteiger partial charge in [0.2, 0.25) is 0 Å². The maximum absolute atomic E-state index is 11.7. The number of nitrogens with zero attached hydrogens (tertiary/aromatic N) is 2. The number of benzene rings is 1. The summed E-state index contributed by atoms with van der Waals surface area (Å²) in [5.41, 5.74) is 1.75. The quantitative estimate of drug-likeness (QED) is 0.775. The van der Waals surface area contributed by atoms with Gasteiger partial charge in [0.25, 0.3) is 0 Å². The van der Waals surface area contributed by atoms with Gasteiger partial charge in [-0.3, -0.25) is 4.90 Å². The molecule has 0 radical (unpaired) electrons. The molecule has 2 rings (SSSR count). The third kappa shape index (κ3) is 4.46. The van der Waals surface area contributed by atoms with Gasteiger partial charge in [-0.05, 0) is 37.9 Å². The summed E-state index contributed by atoms with van der Waals surface area (Å²) in [6.45, 7) is 5.46. The highest BCUT2D eigenvalue weighted by Crippen LogP contribution is 2.07. The molecule has 0 bridgehead atoms. The zero-order valence-corrected chi connectivity index (χ0v) is 12.0. The third-order valence-corrected chi connectivity index (χ3v) is 3.50. The van der Waals surface area contributed by atoms with Crippen molar-refractivity contribution in [2.45, 2.75) is 26.2 Å². The zero-order valence-electron chi connectivity index (χ0n) is 12.0. The molecule has 1 aromatic carbocycles. The molecule has 0 aliphatic carbocycles. The van der Waals surface area contributed by atoms with Crippen LogP contribution in [0.25, 0.3) is 0 Å². The molecule has 0 N–H and O–H groups in total. The minimum atomic E-state index is -0.482. The summed E-state index contributed by atoms with van der Waals surface area (Å²) in [7, 11) is 0. The van der Waals surface area contributed by atoms with Gasteiger partial charge in [0.15, 0.2) is 0 Å². The number of carbonyl (C=O) groups is 1. The van der Waals surface area contributed by atoms with Gasteiger partial charge in [0.05, 0.1) is 5.71 Å². The average molecular weight is 274 g/mol. The second-order valence-electron chi connectivity index (χ2n) is 4.94. The molecule has 20 heavy (non-hydrogen) atoms. The third-order valence-electron chi connectivity index (χ3n) is 3.50. The number of ether oxygens (including phenoxy) is 1. The maximum atomic E-state index is 11.7. The molecule has 1 aromatic rings.